The van der Waals surface area contributed by atoms with Gasteiger partial charge in [0, 0.05) is 24.7 Å². The Morgan fingerprint density at radius 3 is 2.48 bits per heavy atom. The Balaban J connectivity index is 1.58. The van der Waals surface area contributed by atoms with Crippen molar-refractivity contribution in [2.45, 2.75) is 19.9 Å². The van der Waals surface area contributed by atoms with Crippen LogP contribution in [0, 0.1) is 5.82 Å². The summed E-state index contributed by atoms with van der Waals surface area (Å²) in [6.07, 6.45) is -0.0771. The Labute approximate surface area is 179 Å². The van der Waals surface area contributed by atoms with Crippen molar-refractivity contribution < 1.29 is 23.5 Å². The van der Waals surface area contributed by atoms with Crippen LogP contribution in [0.25, 0.3) is 0 Å². The second-order valence-electron chi connectivity index (χ2n) is 6.82. The van der Waals surface area contributed by atoms with Crippen molar-refractivity contribution in [2.75, 3.05) is 5.32 Å². The summed E-state index contributed by atoms with van der Waals surface area (Å²) in [5, 5.41) is 5.52. The lowest BCUT2D eigenvalue weighted by Crippen LogP contribution is -2.23. The molecule has 6 nitrogen and oxygen atoms in total. The molecule has 7 heteroatoms. The number of nitrogens with one attached hydrogen (secondary N) is 2. The molecule has 0 saturated heterocycles. The number of hydrogen-bond donors (Lipinski definition) is 2. The van der Waals surface area contributed by atoms with Gasteiger partial charge in [0.05, 0.1) is 6.42 Å². The largest absolute Gasteiger partial charge is 0.427 e. The van der Waals surface area contributed by atoms with E-state index in [-0.39, 0.29) is 24.8 Å². The summed E-state index contributed by atoms with van der Waals surface area (Å²) in [6.45, 7) is 1.52. The molecule has 0 aliphatic rings. The number of hydrogen-bond acceptors (Lipinski definition) is 4. The molecule has 0 heterocycles. The minimum Gasteiger partial charge on any atom is -0.427 e. The van der Waals surface area contributed by atoms with E-state index in [1.807, 2.05) is 6.07 Å². The van der Waals surface area contributed by atoms with E-state index in [0.717, 1.165) is 5.56 Å². The molecule has 0 aromatic heterocycles. The van der Waals surface area contributed by atoms with Crippen LogP contribution in [0.3, 0.4) is 0 Å². The quantitative estimate of drug-likeness (QED) is 0.449. The molecule has 158 valence electrons. The highest BCUT2D eigenvalue weighted by Gasteiger charge is 2.10. The highest BCUT2D eigenvalue weighted by molar-refractivity contribution is 5.95. The first-order chi connectivity index (χ1) is 14.9. The Morgan fingerprint density at radius 2 is 1.71 bits per heavy atom. The highest BCUT2D eigenvalue weighted by atomic mass is 19.1. The van der Waals surface area contributed by atoms with Crippen molar-refractivity contribution in [2.24, 2.45) is 0 Å². The number of carbonyl (C=O) groups is 3. The van der Waals surface area contributed by atoms with Crippen LogP contribution >= 0.6 is 0 Å². The molecule has 0 saturated carbocycles. The van der Waals surface area contributed by atoms with Crippen molar-refractivity contribution in [3.05, 3.63) is 95.3 Å². The van der Waals surface area contributed by atoms with Gasteiger partial charge in [-0.15, -0.1) is 0 Å². The summed E-state index contributed by atoms with van der Waals surface area (Å²) in [7, 11) is 0. The first-order valence-electron chi connectivity index (χ1n) is 9.59. The molecule has 0 aliphatic carbocycles. The van der Waals surface area contributed by atoms with Gasteiger partial charge in [0.25, 0.3) is 5.91 Å². The van der Waals surface area contributed by atoms with Crippen LogP contribution in [0.1, 0.15) is 28.4 Å². The molecule has 3 aromatic carbocycles. The number of esters is 1. The minimum atomic E-state index is -0.466. The van der Waals surface area contributed by atoms with Crippen LogP contribution in [0.2, 0.25) is 0 Å². The summed E-state index contributed by atoms with van der Waals surface area (Å²) in [4.78, 5) is 35.7. The number of ether oxygens (including phenoxy) is 1. The van der Waals surface area contributed by atoms with Crippen LogP contribution in [0.15, 0.2) is 72.8 Å². The molecule has 3 rings (SSSR count). The van der Waals surface area contributed by atoms with Crippen LogP contribution in [0.5, 0.6) is 5.75 Å². The lowest BCUT2D eigenvalue weighted by atomic mass is 10.1. The van der Waals surface area contributed by atoms with Crippen molar-refractivity contribution in [3.63, 3.8) is 0 Å². The predicted octanol–water partition coefficient (Wildman–Crippen LogP) is 3.86. The minimum absolute atomic E-state index is 0.0771. The summed E-state index contributed by atoms with van der Waals surface area (Å²) >= 11 is 0. The standard InChI is InChI=1S/C24H21FN2O4/c1-16(28)31-21-10-5-8-19(13-21)24(30)26-15-17-6-4-9-20(12-17)27-23(29)14-18-7-2-3-11-22(18)25/h2-13H,14-15H2,1H3,(H,26,30)(H,27,29). The molecule has 0 aliphatic heterocycles. The number of amides is 2. The molecule has 0 atom stereocenters. The average Bonchev–Trinajstić information content (AvgIpc) is 2.73. The van der Waals surface area contributed by atoms with Crippen LogP contribution < -0.4 is 15.4 Å². The van der Waals surface area contributed by atoms with E-state index in [9.17, 15) is 18.8 Å². The molecule has 0 fully saturated rings. The van der Waals surface area contributed by atoms with E-state index in [1.165, 1.54) is 19.1 Å². The summed E-state index contributed by atoms with van der Waals surface area (Å²) < 4.78 is 18.7. The Bertz CT molecular complexity index is 1110. The van der Waals surface area contributed by atoms with Gasteiger partial charge in [-0.05, 0) is 47.5 Å². The van der Waals surface area contributed by atoms with Crippen molar-refractivity contribution >= 4 is 23.5 Å². The zero-order valence-electron chi connectivity index (χ0n) is 16.9. The number of carbonyl (C=O) groups excluding carboxylic acids is 3. The SMILES string of the molecule is CC(=O)Oc1cccc(C(=O)NCc2cccc(NC(=O)Cc3ccccc3F)c2)c1. The van der Waals surface area contributed by atoms with Gasteiger partial charge < -0.3 is 15.4 Å². The number of benzene rings is 3. The van der Waals surface area contributed by atoms with E-state index < -0.39 is 11.8 Å². The van der Waals surface area contributed by atoms with Crippen LogP contribution in [0.4, 0.5) is 10.1 Å². The Morgan fingerprint density at radius 1 is 0.935 bits per heavy atom. The van der Waals surface area contributed by atoms with E-state index in [2.05, 4.69) is 10.6 Å². The van der Waals surface area contributed by atoms with Gasteiger partial charge in [0.1, 0.15) is 11.6 Å². The summed E-state index contributed by atoms with van der Waals surface area (Å²) in [5.41, 5.74) is 1.99. The highest BCUT2D eigenvalue weighted by Crippen LogP contribution is 2.15. The lowest BCUT2D eigenvalue weighted by molar-refractivity contribution is -0.131. The topological polar surface area (TPSA) is 84.5 Å². The molecule has 2 amide bonds. The first-order valence-corrected chi connectivity index (χ1v) is 9.59. The first kappa shape index (κ1) is 21.7. The smallest absolute Gasteiger partial charge is 0.308 e. The second-order valence-corrected chi connectivity index (χ2v) is 6.82. The van der Waals surface area contributed by atoms with Gasteiger partial charge in [-0.1, -0.05) is 36.4 Å². The molecule has 0 bridgehead atoms. The second kappa shape index (κ2) is 10.2. The van der Waals surface area contributed by atoms with E-state index in [4.69, 9.17) is 4.74 Å². The summed E-state index contributed by atoms with van der Waals surface area (Å²) in [6, 6.07) is 19.4. The average molecular weight is 420 g/mol. The van der Waals surface area contributed by atoms with Gasteiger partial charge in [0.2, 0.25) is 5.91 Å². The van der Waals surface area contributed by atoms with E-state index in [1.54, 1.807) is 54.6 Å². The van der Waals surface area contributed by atoms with Crippen LogP contribution in [-0.2, 0) is 22.6 Å². The van der Waals surface area contributed by atoms with Gasteiger partial charge in [0.15, 0.2) is 0 Å². The van der Waals surface area contributed by atoms with Crippen molar-refractivity contribution in [1.29, 1.82) is 0 Å². The third kappa shape index (κ3) is 6.50. The fourth-order valence-corrected chi connectivity index (χ4v) is 2.93. The molecule has 31 heavy (non-hydrogen) atoms. The maximum absolute atomic E-state index is 13.7. The monoisotopic (exact) mass is 420 g/mol. The number of anilines is 1. The number of rotatable bonds is 7. The van der Waals surface area contributed by atoms with E-state index in [0.29, 0.717) is 22.6 Å². The van der Waals surface area contributed by atoms with Gasteiger partial charge in [-0.3, -0.25) is 14.4 Å². The zero-order valence-corrected chi connectivity index (χ0v) is 16.9. The normalized spacial score (nSPS) is 10.3. The lowest BCUT2D eigenvalue weighted by Gasteiger charge is -2.10. The van der Waals surface area contributed by atoms with Gasteiger partial charge in [-0.2, -0.15) is 0 Å². The fourth-order valence-electron chi connectivity index (χ4n) is 2.93. The van der Waals surface area contributed by atoms with Gasteiger partial charge >= 0.3 is 5.97 Å². The Hall–Kier alpha value is -4.00. The molecule has 0 spiro atoms. The van der Waals surface area contributed by atoms with Crippen molar-refractivity contribution in [3.8, 4) is 5.75 Å². The van der Waals surface area contributed by atoms with Gasteiger partial charge in [-0.25, -0.2) is 4.39 Å². The number of halogens is 1. The predicted molar refractivity (Wildman–Crippen MR) is 114 cm³/mol. The molecule has 0 radical (unpaired) electrons. The fraction of sp³-hybridized carbons (Fsp3) is 0.125. The molecule has 0 unspecified atom stereocenters. The molecule has 2 N–H and O–H groups in total. The third-order valence-corrected chi connectivity index (χ3v) is 4.33. The Kier molecular flexibility index (Phi) is 7.11. The third-order valence-electron chi connectivity index (χ3n) is 4.33. The van der Waals surface area contributed by atoms with Crippen molar-refractivity contribution in [1.82, 2.24) is 5.32 Å². The molecular weight excluding hydrogens is 399 g/mol. The van der Waals surface area contributed by atoms with Crippen LogP contribution in [-0.4, -0.2) is 17.8 Å². The molecular formula is C24H21FN2O4. The maximum Gasteiger partial charge on any atom is 0.308 e. The van der Waals surface area contributed by atoms with E-state index >= 15 is 0 Å². The molecule has 3 aromatic rings. The maximum atomic E-state index is 13.7. The summed E-state index contributed by atoms with van der Waals surface area (Å²) in [5.74, 6) is -1.27. The zero-order chi connectivity index (χ0) is 22.2.